The molecule has 11 heteroatoms. The number of amides is 1. The molecule has 3 heterocycles. The molecule has 8 nitrogen and oxygen atoms in total. The predicted molar refractivity (Wildman–Crippen MR) is 141 cm³/mol. The number of nitrogens with zero attached hydrogens (tertiary/aromatic N) is 3. The van der Waals surface area contributed by atoms with Gasteiger partial charge in [0.1, 0.15) is 10.6 Å². The van der Waals surface area contributed by atoms with Gasteiger partial charge in [-0.05, 0) is 44.4 Å². The molecular weight excluding hydrogens is 506 g/mol. The van der Waals surface area contributed by atoms with Crippen molar-refractivity contribution in [3.63, 3.8) is 0 Å². The van der Waals surface area contributed by atoms with Crippen molar-refractivity contribution < 1.29 is 17.9 Å². The molecule has 35 heavy (non-hydrogen) atoms. The van der Waals surface area contributed by atoms with E-state index in [0.29, 0.717) is 39.8 Å². The minimum atomic E-state index is -3.10. The van der Waals surface area contributed by atoms with Crippen LogP contribution >= 0.6 is 23.1 Å². The number of thioether (sulfide) groups is 1. The number of thiophene rings is 1. The molecule has 0 N–H and O–H groups in total. The highest BCUT2D eigenvalue weighted by molar-refractivity contribution is 7.99. The number of ether oxygens (including phenoxy) is 1. The lowest BCUT2D eigenvalue weighted by Gasteiger charge is -2.26. The number of methoxy groups -OCH3 is 1. The van der Waals surface area contributed by atoms with Crippen LogP contribution in [0, 0.1) is 6.92 Å². The van der Waals surface area contributed by atoms with E-state index >= 15 is 0 Å². The number of carbonyl (C=O) groups excluding carboxylic acids is 1. The molecule has 0 saturated carbocycles. The number of sulfone groups is 1. The first-order valence-corrected chi connectivity index (χ1v) is 15.1. The third kappa shape index (κ3) is 5.12. The van der Waals surface area contributed by atoms with Crippen LogP contribution in [0.4, 0.5) is 0 Å². The Morgan fingerprint density at radius 2 is 2.11 bits per heavy atom. The van der Waals surface area contributed by atoms with Crippen LogP contribution in [0.1, 0.15) is 30.7 Å². The lowest BCUT2D eigenvalue weighted by atomic mass is 10.2. The third-order valence-corrected chi connectivity index (χ3v) is 10.3. The fourth-order valence-corrected chi connectivity index (χ4v) is 8.28. The second-order valence-corrected chi connectivity index (χ2v) is 12.7. The molecule has 0 bridgehead atoms. The summed E-state index contributed by atoms with van der Waals surface area (Å²) in [6.45, 7) is 6.28. The average Bonchev–Trinajstić information content (AvgIpc) is 3.36. The van der Waals surface area contributed by atoms with E-state index in [0.717, 1.165) is 16.9 Å². The van der Waals surface area contributed by atoms with Gasteiger partial charge in [-0.3, -0.25) is 14.2 Å². The molecule has 188 valence electrons. The number of rotatable bonds is 8. The highest BCUT2D eigenvalue weighted by Crippen LogP contribution is 2.31. The zero-order chi connectivity index (χ0) is 25.3. The lowest BCUT2D eigenvalue weighted by Crippen LogP contribution is -2.42. The molecule has 1 aromatic carbocycles. The van der Waals surface area contributed by atoms with E-state index in [1.165, 1.54) is 27.7 Å². The molecule has 0 radical (unpaired) electrons. The Hall–Kier alpha value is -2.37. The molecule has 1 unspecified atom stereocenters. The Kier molecular flexibility index (Phi) is 7.58. The molecule has 3 aromatic rings. The molecule has 1 aliphatic rings. The number of benzene rings is 1. The van der Waals surface area contributed by atoms with Crippen LogP contribution in [0.3, 0.4) is 0 Å². The number of aromatic nitrogens is 2. The summed E-state index contributed by atoms with van der Waals surface area (Å²) in [7, 11) is -1.54. The first-order valence-electron chi connectivity index (χ1n) is 11.5. The summed E-state index contributed by atoms with van der Waals surface area (Å²) >= 11 is 2.70. The standard InChI is InChI=1S/C24H29N3O5S3/c1-5-19-15(3)21-22(34-19)25-24(27(23(21)29)16-8-7-9-18(12-16)32-4)33-13-20(28)26(6-2)17-10-11-35(30,31)14-17/h7-9,12,17H,5-6,10-11,13-14H2,1-4H3. The van der Waals surface area contributed by atoms with E-state index in [4.69, 9.17) is 9.72 Å². The summed E-state index contributed by atoms with van der Waals surface area (Å²) in [5.74, 6) is 0.612. The van der Waals surface area contributed by atoms with Gasteiger partial charge in [-0.25, -0.2) is 13.4 Å². The normalized spacial score (nSPS) is 17.1. The van der Waals surface area contributed by atoms with E-state index in [2.05, 4.69) is 6.92 Å². The van der Waals surface area contributed by atoms with Crippen molar-refractivity contribution >= 4 is 49.1 Å². The monoisotopic (exact) mass is 535 g/mol. The SMILES string of the molecule is CCc1sc2nc(SCC(=O)N(CC)C3CCS(=O)(=O)C3)n(-c3cccc(OC)c3)c(=O)c2c1C. The smallest absolute Gasteiger partial charge is 0.267 e. The third-order valence-electron chi connectivity index (χ3n) is 6.30. The summed E-state index contributed by atoms with van der Waals surface area (Å²) in [5.41, 5.74) is 1.37. The van der Waals surface area contributed by atoms with Crippen LogP contribution < -0.4 is 10.3 Å². The van der Waals surface area contributed by atoms with Crippen molar-refractivity contribution in [2.75, 3.05) is 30.9 Å². The first-order chi connectivity index (χ1) is 16.7. The number of hydrogen-bond acceptors (Lipinski definition) is 8. The Labute approximate surface area is 213 Å². The van der Waals surface area contributed by atoms with Crippen molar-refractivity contribution in [2.24, 2.45) is 0 Å². The molecule has 1 aliphatic heterocycles. The number of carbonyl (C=O) groups is 1. The number of fused-ring (bicyclic) bond motifs is 1. The lowest BCUT2D eigenvalue weighted by molar-refractivity contribution is -0.129. The average molecular weight is 536 g/mol. The molecule has 4 rings (SSSR count). The Morgan fingerprint density at radius 1 is 1.34 bits per heavy atom. The number of aryl methyl sites for hydroxylation is 2. The van der Waals surface area contributed by atoms with E-state index in [1.54, 1.807) is 24.1 Å². The van der Waals surface area contributed by atoms with E-state index in [9.17, 15) is 18.0 Å². The van der Waals surface area contributed by atoms with Crippen LogP contribution in [0.2, 0.25) is 0 Å². The minimum absolute atomic E-state index is 0.00421. The van der Waals surface area contributed by atoms with Gasteiger partial charge in [0.15, 0.2) is 15.0 Å². The first kappa shape index (κ1) is 25.7. The highest BCUT2D eigenvalue weighted by atomic mass is 32.2. The van der Waals surface area contributed by atoms with Gasteiger partial charge in [-0.2, -0.15) is 0 Å². The maximum atomic E-state index is 13.7. The maximum absolute atomic E-state index is 13.7. The molecule has 0 spiro atoms. The van der Waals surface area contributed by atoms with Gasteiger partial charge < -0.3 is 9.64 Å². The topological polar surface area (TPSA) is 98.6 Å². The molecule has 1 saturated heterocycles. The molecule has 1 amide bonds. The van der Waals surface area contributed by atoms with Gasteiger partial charge in [0, 0.05) is 23.5 Å². The van der Waals surface area contributed by atoms with Crippen LogP contribution in [0.15, 0.2) is 34.2 Å². The van der Waals surface area contributed by atoms with Gasteiger partial charge in [0.2, 0.25) is 5.91 Å². The largest absolute Gasteiger partial charge is 0.497 e. The highest BCUT2D eigenvalue weighted by Gasteiger charge is 2.34. The molecule has 1 atom stereocenters. The van der Waals surface area contributed by atoms with Crippen molar-refractivity contribution in [3.05, 3.63) is 45.1 Å². The van der Waals surface area contributed by atoms with E-state index in [-0.39, 0.29) is 34.8 Å². The predicted octanol–water partition coefficient (Wildman–Crippen LogP) is 3.45. The van der Waals surface area contributed by atoms with Gasteiger partial charge in [0.05, 0.1) is 35.4 Å². The summed E-state index contributed by atoms with van der Waals surface area (Å²) in [4.78, 5) is 35.1. The maximum Gasteiger partial charge on any atom is 0.267 e. The fourth-order valence-electron chi connectivity index (χ4n) is 4.49. The van der Waals surface area contributed by atoms with Crippen molar-refractivity contribution in [2.45, 2.75) is 44.8 Å². The minimum Gasteiger partial charge on any atom is -0.497 e. The summed E-state index contributed by atoms with van der Waals surface area (Å²) < 4.78 is 30.8. The van der Waals surface area contributed by atoms with Gasteiger partial charge in [0.25, 0.3) is 5.56 Å². The quantitative estimate of drug-likeness (QED) is 0.322. The summed E-state index contributed by atoms with van der Waals surface area (Å²) in [6.07, 6.45) is 1.27. The molecule has 0 aliphatic carbocycles. The van der Waals surface area contributed by atoms with Crippen LogP contribution in [0.5, 0.6) is 5.75 Å². The summed E-state index contributed by atoms with van der Waals surface area (Å²) in [6, 6.07) is 6.89. The molecule has 1 fully saturated rings. The van der Waals surface area contributed by atoms with E-state index in [1.807, 2.05) is 26.0 Å². The zero-order valence-electron chi connectivity index (χ0n) is 20.2. The van der Waals surface area contributed by atoms with Crippen molar-refractivity contribution in [3.8, 4) is 11.4 Å². The Bertz CT molecular complexity index is 1430. The second kappa shape index (κ2) is 10.3. The van der Waals surface area contributed by atoms with Crippen molar-refractivity contribution in [1.29, 1.82) is 0 Å². The van der Waals surface area contributed by atoms with Crippen LogP contribution in [0.25, 0.3) is 15.9 Å². The van der Waals surface area contributed by atoms with Crippen molar-refractivity contribution in [1.82, 2.24) is 14.5 Å². The Balaban J connectivity index is 1.73. The van der Waals surface area contributed by atoms with Gasteiger partial charge >= 0.3 is 0 Å². The molecule has 2 aromatic heterocycles. The van der Waals surface area contributed by atoms with E-state index < -0.39 is 9.84 Å². The van der Waals surface area contributed by atoms with Crippen LogP contribution in [-0.2, 0) is 21.1 Å². The fraction of sp³-hybridized carbons (Fsp3) is 0.458. The second-order valence-electron chi connectivity index (χ2n) is 8.45. The number of hydrogen-bond donors (Lipinski definition) is 0. The Morgan fingerprint density at radius 3 is 2.74 bits per heavy atom. The summed E-state index contributed by atoms with van der Waals surface area (Å²) in [5, 5.41) is 1.01. The van der Waals surface area contributed by atoms with Gasteiger partial charge in [-0.15, -0.1) is 11.3 Å². The zero-order valence-corrected chi connectivity index (χ0v) is 22.7. The van der Waals surface area contributed by atoms with Gasteiger partial charge in [-0.1, -0.05) is 24.8 Å². The molecular formula is C24H29N3O5S3. The van der Waals surface area contributed by atoms with Crippen LogP contribution in [-0.4, -0.2) is 65.7 Å².